The second kappa shape index (κ2) is 8.49. The van der Waals surface area contributed by atoms with Crippen LogP contribution in [-0.2, 0) is 20.9 Å². The summed E-state index contributed by atoms with van der Waals surface area (Å²) in [5.74, 6) is -1.31. The third-order valence-electron chi connectivity index (χ3n) is 4.96. The van der Waals surface area contributed by atoms with Gasteiger partial charge in [-0.1, -0.05) is 33.6 Å². The molecule has 150 valence electrons. The molecule has 1 saturated carbocycles. The Bertz CT molecular complexity index is 692. The van der Waals surface area contributed by atoms with Gasteiger partial charge in [-0.25, -0.2) is 9.67 Å². The Morgan fingerprint density at radius 1 is 1.19 bits per heavy atom. The van der Waals surface area contributed by atoms with Crippen molar-refractivity contribution in [3.63, 3.8) is 0 Å². The lowest BCUT2D eigenvalue weighted by atomic mass is 9.69. The van der Waals surface area contributed by atoms with Crippen molar-refractivity contribution in [3.05, 3.63) is 6.33 Å². The molecule has 1 aliphatic rings. The number of nitrogens with zero attached hydrogens (tertiary/aromatic N) is 4. The van der Waals surface area contributed by atoms with Crippen LogP contribution in [0.1, 0.15) is 46.5 Å². The zero-order valence-electron chi connectivity index (χ0n) is 16.8. The van der Waals surface area contributed by atoms with Gasteiger partial charge in [0.2, 0.25) is 11.9 Å². The first-order valence-corrected chi connectivity index (χ1v) is 9.29. The summed E-state index contributed by atoms with van der Waals surface area (Å²) in [5, 5.41) is 9.27. The summed E-state index contributed by atoms with van der Waals surface area (Å²) >= 11 is 0. The highest BCUT2D eigenvalue weighted by Crippen LogP contribution is 2.37. The number of nitrogens with one attached hydrogen (secondary N) is 2. The predicted octanol–water partition coefficient (Wildman–Crippen LogP) is 1.03. The maximum Gasteiger partial charge on any atom is 0.316 e. The summed E-state index contributed by atoms with van der Waals surface area (Å²) in [6, 6.07) is -0.0137. The average molecular weight is 378 g/mol. The molecule has 0 aliphatic heterocycles. The van der Waals surface area contributed by atoms with Crippen LogP contribution in [0.2, 0.25) is 0 Å². The Hall–Kier alpha value is -2.45. The molecule has 0 unspecified atom stereocenters. The van der Waals surface area contributed by atoms with E-state index in [9.17, 15) is 14.4 Å². The SMILES string of the molecule is CN(C)C(=O)Cn1cnc(NC(=O)C(=O)N[C@@H]2CCCC[C@H]2C(C)(C)C)n1. The molecule has 9 heteroatoms. The van der Waals surface area contributed by atoms with Gasteiger partial charge >= 0.3 is 11.8 Å². The molecule has 9 nitrogen and oxygen atoms in total. The molecule has 1 heterocycles. The molecule has 1 aliphatic carbocycles. The monoisotopic (exact) mass is 378 g/mol. The largest absolute Gasteiger partial charge is 0.347 e. The molecule has 2 rings (SSSR count). The third kappa shape index (κ3) is 5.77. The van der Waals surface area contributed by atoms with Crippen LogP contribution in [0.4, 0.5) is 5.95 Å². The summed E-state index contributed by atoms with van der Waals surface area (Å²) in [7, 11) is 3.28. The van der Waals surface area contributed by atoms with Crippen molar-refractivity contribution in [2.75, 3.05) is 19.4 Å². The van der Waals surface area contributed by atoms with E-state index in [0.29, 0.717) is 5.92 Å². The van der Waals surface area contributed by atoms with Gasteiger partial charge in [0, 0.05) is 20.1 Å². The van der Waals surface area contributed by atoms with Crippen molar-refractivity contribution in [2.24, 2.45) is 11.3 Å². The number of carbonyl (C=O) groups excluding carboxylic acids is 3. The standard InChI is InChI=1S/C18H30N6O3/c1-18(2,3)12-8-6-7-9-13(12)20-15(26)16(27)21-17-19-11-24(22-17)10-14(25)23(4)5/h11-13H,6-10H2,1-5H3,(H,20,26)(H,21,22,27)/t12-,13-/m1/s1. The molecule has 2 atom stereocenters. The van der Waals surface area contributed by atoms with E-state index in [1.807, 2.05) is 0 Å². The summed E-state index contributed by atoms with van der Waals surface area (Å²) < 4.78 is 1.31. The molecular formula is C18H30N6O3. The van der Waals surface area contributed by atoms with Crippen LogP contribution in [0, 0.1) is 11.3 Å². The van der Waals surface area contributed by atoms with Crippen molar-refractivity contribution >= 4 is 23.7 Å². The van der Waals surface area contributed by atoms with E-state index in [-0.39, 0.29) is 29.9 Å². The normalized spacial score (nSPS) is 20.0. The fraction of sp³-hybridized carbons (Fsp3) is 0.722. The first-order valence-electron chi connectivity index (χ1n) is 9.29. The van der Waals surface area contributed by atoms with E-state index in [4.69, 9.17) is 0 Å². The van der Waals surface area contributed by atoms with Crippen molar-refractivity contribution in [1.82, 2.24) is 25.0 Å². The van der Waals surface area contributed by atoms with Crippen molar-refractivity contribution in [2.45, 2.75) is 59.0 Å². The zero-order chi connectivity index (χ0) is 20.2. The van der Waals surface area contributed by atoms with Gasteiger partial charge in [0.15, 0.2) is 0 Å². The summed E-state index contributed by atoms with van der Waals surface area (Å²) in [6.07, 6.45) is 5.45. The highest BCUT2D eigenvalue weighted by molar-refractivity contribution is 6.39. The number of rotatable bonds is 4. The molecule has 1 fully saturated rings. The van der Waals surface area contributed by atoms with Crippen LogP contribution in [-0.4, -0.2) is 57.5 Å². The molecule has 0 radical (unpaired) electrons. The first kappa shape index (κ1) is 20.9. The van der Waals surface area contributed by atoms with E-state index < -0.39 is 11.8 Å². The molecule has 0 aromatic carbocycles. The molecule has 1 aromatic rings. The molecule has 2 N–H and O–H groups in total. The van der Waals surface area contributed by atoms with Gasteiger partial charge in [0.25, 0.3) is 0 Å². The minimum atomic E-state index is -0.801. The van der Waals surface area contributed by atoms with E-state index in [0.717, 1.165) is 25.7 Å². The van der Waals surface area contributed by atoms with Gasteiger partial charge in [0.1, 0.15) is 12.9 Å². The summed E-state index contributed by atoms with van der Waals surface area (Å²) in [4.78, 5) is 41.5. The average Bonchev–Trinajstić information content (AvgIpc) is 3.01. The lowest BCUT2D eigenvalue weighted by molar-refractivity contribution is -0.137. The Balaban J connectivity index is 1.93. The fourth-order valence-electron chi connectivity index (χ4n) is 3.44. The van der Waals surface area contributed by atoms with Crippen LogP contribution in [0.15, 0.2) is 6.33 Å². The number of anilines is 1. The highest BCUT2D eigenvalue weighted by Gasteiger charge is 2.35. The second-order valence-electron chi connectivity index (χ2n) is 8.34. The first-order chi connectivity index (χ1) is 12.6. The topological polar surface area (TPSA) is 109 Å². The second-order valence-corrected chi connectivity index (χ2v) is 8.34. The van der Waals surface area contributed by atoms with Gasteiger partial charge in [-0.3, -0.25) is 19.7 Å². The molecule has 27 heavy (non-hydrogen) atoms. The highest BCUT2D eigenvalue weighted by atomic mass is 16.2. The van der Waals surface area contributed by atoms with E-state index >= 15 is 0 Å². The maximum atomic E-state index is 12.3. The van der Waals surface area contributed by atoms with Crippen LogP contribution >= 0.6 is 0 Å². The Labute approximate surface area is 159 Å². The molecular weight excluding hydrogens is 348 g/mol. The van der Waals surface area contributed by atoms with Crippen molar-refractivity contribution < 1.29 is 14.4 Å². The number of hydrogen-bond donors (Lipinski definition) is 2. The van der Waals surface area contributed by atoms with E-state index in [1.54, 1.807) is 14.1 Å². The van der Waals surface area contributed by atoms with E-state index in [2.05, 4.69) is 41.5 Å². The molecule has 1 aromatic heterocycles. The van der Waals surface area contributed by atoms with Crippen LogP contribution in [0.5, 0.6) is 0 Å². The minimum absolute atomic E-state index is 0.00211. The lowest BCUT2D eigenvalue weighted by Gasteiger charge is -2.40. The van der Waals surface area contributed by atoms with Gasteiger partial charge in [-0.05, 0) is 24.2 Å². The van der Waals surface area contributed by atoms with Crippen LogP contribution in [0.3, 0.4) is 0 Å². The van der Waals surface area contributed by atoms with Crippen molar-refractivity contribution in [3.8, 4) is 0 Å². The number of amides is 3. The maximum absolute atomic E-state index is 12.3. The quantitative estimate of drug-likeness (QED) is 0.761. The van der Waals surface area contributed by atoms with Crippen molar-refractivity contribution in [1.29, 1.82) is 0 Å². The van der Waals surface area contributed by atoms with Gasteiger partial charge in [0.05, 0.1) is 0 Å². The lowest BCUT2D eigenvalue weighted by Crippen LogP contribution is -2.49. The van der Waals surface area contributed by atoms with Crippen LogP contribution < -0.4 is 10.6 Å². The Kier molecular flexibility index (Phi) is 6.56. The third-order valence-corrected chi connectivity index (χ3v) is 4.96. The van der Waals surface area contributed by atoms with Gasteiger partial charge in [-0.2, -0.15) is 0 Å². The number of carbonyl (C=O) groups is 3. The molecule has 0 spiro atoms. The Morgan fingerprint density at radius 2 is 1.85 bits per heavy atom. The Morgan fingerprint density at radius 3 is 2.48 bits per heavy atom. The number of hydrogen-bond acceptors (Lipinski definition) is 5. The predicted molar refractivity (Wildman–Crippen MR) is 101 cm³/mol. The van der Waals surface area contributed by atoms with E-state index in [1.165, 1.54) is 15.9 Å². The van der Waals surface area contributed by atoms with Crippen LogP contribution in [0.25, 0.3) is 0 Å². The summed E-state index contributed by atoms with van der Waals surface area (Å²) in [6.45, 7) is 6.49. The summed E-state index contributed by atoms with van der Waals surface area (Å²) in [5.41, 5.74) is 0.0636. The fourth-order valence-corrected chi connectivity index (χ4v) is 3.44. The molecule has 0 bridgehead atoms. The minimum Gasteiger partial charge on any atom is -0.347 e. The number of likely N-dealkylation sites (N-methyl/N-ethyl adjacent to an activating group) is 1. The zero-order valence-corrected chi connectivity index (χ0v) is 16.8. The molecule has 0 saturated heterocycles. The van der Waals surface area contributed by atoms with Gasteiger partial charge in [-0.15, -0.1) is 5.10 Å². The smallest absolute Gasteiger partial charge is 0.316 e. The van der Waals surface area contributed by atoms with Gasteiger partial charge < -0.3 is 10.2 Å². The molecule has 3 amide bonds. The number of aromatic nitrogens is 3.